The minimum absolute atomic E-state index is 0.107. The number of carboxylic acids is 1. The van der Waals surface area contributed by atoms with E-state index in [1.54, 1.807) is 13.2 Å². The number of halogens is 4. The molecule has 2 heterocycles. The molecular formula is C18H22F4N2O4. The maximum atomic E-state index is 13.2. The maximum Gasteiger partial charge on any atom is 0.490 e. The molecule has 0 aromatic heterocycles. The molecule has 156 valence electrons. The van der Waals surface area contributed by atoms with Crippen molar-refractivity contribution in [2.45, 2.75) is 12.7 Å². The molecule has 3 rings (SSSR count). The van der Waals surface area contributed by atoms with Crippen molar-refractivity contribution in [1.82, 2.24) is 9.80 Å². The molecule has 1 aromatic rings. The molecule has 10 heteroatoms. The summed E-state index contributed by atoms with van der Waals surface area (Å²) in [6, 6.07) is 6.50. The zero-order valence-corrected chi connectivity index (χ0v) is 15.3. The molecular weight excluding hydrogens is 384 g/mol. The van der Waals surface area contributed by atoms with Gasteiger partial charge in [-0.15, -0.1) is 0 Å². The van der Waals surface area contributed by atoms with Gasteiger partial charge in [0, 0.05) is 45.8 Å². The van der Waals surface area contributed by atoms with Crippen LogP contribution in [-0.4, -0.2) is 72.9 Å². The number of carboxylic acid groups (broad SMARTS) is 1. The lowest BCUT2D eigenvalue weighted by Crippen LogP contribution is -2.33. The van der Waals surface area contributed by atoms with Crippen LogP contribution in [0.1, 0.15) is 5.56 Å². The van der Waals surface area contributed by atoms with Crippen LogP contribution in [0.2, 0.25) is 0 Å². The lowest BCUT2D eigenvalue weighted by Gasteiger charge is -2.21. The number of ether oxygens (including phenoxy) is 1. The summed E-state index contributed by atoms with van der Waals surface area (Å²) in [5.41, 5.74) is 0.861. The standard InChI is InChI=1S/C16H21FN2O2.C2HF3O2/c1-21-6-5-18-9-13-10-19(16(20)15(13)11-18)8-12-3-2-4-14(17)7-12;3-2(4,5)1(6)7/h2-4,7,13,15H,5-6,8-11H2,1H3;(H,6,7)/t13-,15-;/m0./s1. The van der Waals surface area contributed by atoms with E-state index in [0.717, 1.165) is 31.7 Å². The second kappa shape index (κ2) is 9.33. The van der Waals surface area contributed by atoms with Crippen molar-refractivity contribution < 1.29 is 37.0 Å². The van der Waals surface area contributed by atoms with E-state index in [-0.39, 0.29) is 17.6 Å². The van der Waals surface area contributed by atoms with E-state index in [1.807, 2.05) is 11.0 Å². The van der Waals surface area contributed by atoms with Gasteiger partial charge >= 0.3 is 12.1 Å². The van der Waals surface area contributed by atoms with Gasteiger partial charge in [-0.2, -0.15) is 13.2 Å². The van der Waals surface area contributed by atoms with E-state index in [2.05, 4.69) is 4.90 Å². The summed E-state index contributed by atoms with van der Waals surface area (Å²) < 4.78 is 50.0. The Hall–Kier alpha value is -2.20. The number of carbonyl (C=O) groups is 2. The van der Waals surface area contributed by atoms with Gasteiger partial charge in [0.2, 0.25) is 5.91 Å². The summed E-state index contributed by atoms with van der Waals surface area (Å²) in [6.45, 7) is 4.68. The van der Waals surface area contributed by atoms with Crippen molar-refractivity contribution in [3.63, 3.8) is 0 Å². The van der Waals surface area contributed by atoms with Crippen LogP contribution in [0.5, 0.6) is 0 Å². The van der Waals surface area contributed by atoms with Gasteiger partial charge in [-0.25, -0.2) is 9.18 Å². The van der Waals surface area contributed by atoms with E-state index < -0.39 is 12.1 Å². The molecule has 1 N–H and O–H groups in total. The maximum absolute atomic E-state index is 13.2. The highest BCUT2D eigenvalue weighted by atomic mass is 19.4. The van der Waals surface area contributed by atoms with Crippen molar-refractivity contribution in [3.8, 4) is 0 Å². The minimum atomic E-state index is -5.08. The highest BCUT2D eigenvalue weighted by Gasteiger charge is 2.45. The van der Waals surface area contributed by atoms with Gasteiger partial charge in [0.25, 0.3) is 0 Å². The van der Waals surface area contributed by atoms with Gasteiger partial charge in [0.05, 0.1) is 12.5 Å². The van der Waals surface area contributed by atoms with Crippen molar-refractivity contribution >= 4 is 11.9 Å². The number of fused-ring (bicyclic) bond motifs is 1. The van der Waals surface area contributed by atoms with Crippen molar-refractivity contribution in [3.05, 3.63) is 35.6 Å². The number of rotatable bonds is 5. The van der Waals surface area contributed by atoms with Crippen molar-refractivity contribution in [2.24, 2.45) is 11.8 Å². The van der Waals surface area contributed by atoms with Crippen LogP contribution in [0.15, 0.2) is 24.3 Å². The van der Waals surface area contributed by atoms with Gasteiger partial charge in [-0.05, 0) is 17.7 Å². The molecule has 0 bridgehead atoms. The molecule has 0 aliphatic carbocycles. The third-order valence-electron chi connectivity index (χ3n) is 4.72. The number of carbonyl (C=O) groups excluding carboxylic acids is 1. The monoisotopic (exact) mass is 406 g/mol. The van der Waals surface area contributed by atoms with Crippen LogP contribution >= 0.6 is 0 Å². The Morgan fingerprint density at radius 2 is 1.96 bits per heavy atom. The Kier molecular flexibility index (Phi) is 7.36. The SMILES string of the molecule is COCCN1C[C@H]2CN(Cc3cccc(F)c3)C(=O)[C@H]2C1.O=C(O)C(F)(F)F. The van der Waals surface area contributed by atoms with Crippen LogP contribution < -0.4 is 0 Å². The van der Waals surface area contributed by atoms with Gasteiger partial charge < -0.3 is 14.7 Å². The van der Waals surface area contributed by atoms with Crippen molar-refractivity contribution in [1.29, 1.82) is 0 Å². The third-order valence-corrected chi connectivity index (χ3v) is 4.72. The molecule has 2 aliphatic heterocycles. The predicted molar refractivity (Wildman–Crippen MR) is 90.8 cm³/mol. The number of amides is 1. The average molecular weight is 406 g/mol. The summed E-state index contributed by atoms with van der Waals surface area (Å²) in [5, 5.41) is 7.12. The number of nitrogens with zero attached hydrogens (tertiary/aromatic N) is 2. The van der Waals surface area contributed by atoms with Gasteiger partial charge in [-0.1, -0.05) is 12.1 Å². The second-order valence-corrected chi connectivity index (χ2v) is 6.77. The second-order valence-electron chi connectivity index (χ2n) is 6.77. The van der Waals surface area contributed by atoms with Crippen LogP contribution in [0.3, 0.4) is 0 Å². The summed E-state index contributed by atoms with van der Waals surface area (Å²) in [6.07, 6.45) is -5.08. The van der Waals surface area contributed by atoms with Crippen LogP contribution in [0.4, 0.5) is 17.6 Å². The van der Waals surface area contributed by atoms with Crippen LogP contribution in [0, 0.1) is 17.7 Å². The van der Waals surface area contributed by atoms with Crippen molar-refractivity contribution in [2.75, 3.05) is 39.9 Å². The number of aliphatic carboxylic acids is 1. The Morgan fingerprint density at radius 1 is 1.29 bits per heavy atom. The van der Waals surface area contributed by atoms with E-state index in [9.17, 15) is 22.4 Å². The fourth-order valence-electron chi connectivity index (χ4n) is 3.43. The van der Waals surface area contributed by atoms with Crippen LogP contribution in [0.25, 0.3) is 0 Å². The number of alkyl halides is 3. The van der Waals surface area contributed by atoms with E-state index >= 15 is 0 Å². The smallest absolute Gasteiger partial charge is 0.475 e. The minimum Gasteiger partial charge on any atom is -0.475 e. The summed E-state index contributed by atoms with van der Waals surface area (Å²) >= 11 is 0. The first kappa shape index (κ1) is 22.1. The topological polar surface area (TPSA) is 70.1 Å². The Labute approximate surface area is 159 Å². The number of methoxy groups -OCH3 is 1. The van der Waals surface area contributed by atoms with E-state index in [1.165, 1.54) is 12.1 Å². The molecule has 2 atom stereocenters. The third kappa shape index (κ3) is 5.90. The first-order valence-electron chi connectivity index (χ1n) is 8.66. The first-order chi connectivity index (χ1) is 13.1. The molecule has 6 nitrogen and oxygen atoms in total. The number of likely N-dealkylation sites (tertiary alicyclic amines) is 2. The predicted octanol–water partition coefficient (Wildman–Crippen LogP) is 2.00. The molecule has 0 unspecified atom stereocenters. The molecule has 0 spiro atoms. The summed E-state index contributed by atoms with van der Waals surface area (Å²) in [7, 11) is 1.70. The lowest BCUT2D eigenvalue weighted by molar-refractivity contribution is -0.192. The van der Waals surface area contributed by atoms with E-state index in [4.69, 9.17) is 14.6 Å². The highest BCUT2D eigenvalue weighted by Crippen LogP contribution is 2.32. The fourth-order valence-corrected chi connectivity index (χ4v) is 3.43. The largest absolute Gasteiger partial charge is 0.490 e. The van der Waals surface area contributed by atoms with Crippen LogP contribution in [-0.2, 0) is 20.9 Å². The molecule has 2 fully saturated rings. The Bertz CT molecular complexity index is 698. The Morgan fingerprint density at radius 3 is 2.50 bits per heavy atom. The molecule has 0 saturated carbocycles. The fraction of sp³-hybridized carbons (Fsp3) is 0.556. The number of benzene rings is 1. The van der Waals surface area contributed by atoms with Gasteiger partial charge in [-0.3, -0.25) is 9.69 Å². The quantitative estimate of drug-likeness (QED) is 0.758. The lowest BCUT2D eigenvalue weighted by atomic mass is 10.0. The zero-order valence-electron chi connectivity index (χ0n) is 15.3. The number of hydrogen-bond acceptors (Lipinski definition) is 4. The Balaban J connectivity index is 0.000000345. The highest BCUT2D eigenvalue weighted by molar-refractivity contribution is 5.82. The number of hydrogen-bond donors (Lipinski definition) is 1. The molecule has 1 aromatic carbocycles. The summed E-state index contributed by atoms with van der Waals surface area (Å²) in [4.78, 5) is 25.5. The first-order valence-corrected chi connectivity index (χ1v) is 8.66. The molecule has 28 heavy (non-hydrogen) atoms. The summed E-state index contributed by atoms with van der Waals surface area (Å²) in [5.74, 6) is -2.28. The molecule has 2 saturated heterocycles. The average Bonchev–Trinajstić information content (AvgIpc) is 3.12. The van der Waals surface area contributed by atoms with Gasteiger partial charge in [0.1, 0.15) is 5.82 Å². The van der Waals surface area contributed by atoms with E-state index in [0.29, 0.717) is 19.1 Å². The zero-order chi connectivity index (χ0) is 20.9. The molecule has 0 radical (unpaired) electrons. The van der Waals surface area contributed by atoms with Gasteiger partial charge in [0.15, 0.2) is 0 Å². The normalized spacial score (nSPS) is 22.0. The molecule has 1 amide bonds. The molecule has 2 aliphatic rings.